The summed E-state index contributed by atoms with van der Waals surface area (Å²) >= 11 is 3.26. The number of thiol groups is 1. The van der Waals surface area contributed by atoms with Crippen LogP contribution in [0.4, 0.5) is 0 Å². The largest absolute Gasteiger partial charge is 0.481 e. The van der Waals surface area contributed by atoms with E-state index in [0.717, 1.165) is 4.48 Å². The molecule has 3 unspecified atom stereocenters. The molecule has 0 aromatic carbocycles. The van der Waals surface area contributed by atoms with Crippen molar-refractivity contribution in [2.75, 3.05) is 0 Å². The molecule has 1 aliphatic rings. The highest BCUT2D eigenvalue weighted by Gasteiger charge is 2.39. The number of hydrogen-bond donors (Lipinski definition) is 4. The third-order valence-corrected chi connectivity index (χ3v) is 5.47. The zero-order chi connectivity index (χ0) is 15.7. The SMILES string of the molecule is CC(C)(C)OC(=O)C(C(=O)O)C(N)[SH]1C=C(Br)C=C1N. The van der Waals surface area contributed by atoms with E-state index < -0.39 is 39.7 Å². The van der Waals surface area contributed by atoms with Crippen molar-refractivity contribution in [3.8, 4) is 0 Å². The van der Waals surface area contributed by atoms with Crippen LogP contribution < -0.4 is 11.5 Å². The standard InChI is InChI=1S/C12H19BrN2O4S/c1-12(2,3)19-11(18)8(10(16)17)9(15)20-5-6(13)4-7(20)14/h4-5,8-9,20H,14-15H2,1-3H3,(H,16,17). The minimum Gasteiger partial charge on any atom is -0.481 e. The van der Waals surface area contributed by atoms with Gasteiger partial charge in [0.25, 0.3) is 0 Å². The van der Waals surface area contributed by atoms with Gasteiger partial charge in [0.15, 0.2) is 5.92 Å². The Hall–Kier alpha value is -0.990. The Kier molecular flexibility index (Phi) is 5.28. The van der Waals surface area contributed by atoms with Gasteiger partial charge >= 0.3 is 11.9 Å². The van der Waals surface area contributed by atoms with Gasteiger partial charge < -0.3 is 21.3 Å². The number of nitrogens with two attached hydrogens (primary N) is 2. The monoisotopic (exact) mass is 366 g/mol. The Labute approximate surface area is 128 Å². The minimum absolute atomic E-state index is 0.481. The maximum absolute atomic E-state index is 12.0. The van der Waals surface area contributed by atoms with Crippen molar-refractivity contribution in [2.24, 2.45) is 17.4 Å². The molecular weight excluding hydrogens is 348 g/mol. The molecular formula is C12H19BrN2O4S. The fourth-order valence-electron chi connectivity index (χ4n) is 1.63. The van der Waals surface area contributed by atoms with E-state index in [4.69, 9.17) is 16.2 Å². The number of rotatable bonds is 4. The quantitative estimate of drug-likeness (QED) is 0.339. The van der Waals surface area contributed by atoms with Gasteiger partial charge in [-0.3, -0.25) is 9.59 Å². The van der Waals surface area contributed by atoms with Gasteiger partial charge in [-0.05, 0) is 32.3 Å². The molecule has 3 atom stereocenters. The Balaban J connectivity index is 2.95. The van der Waals surface area contributed by atoms with Crippen LogP contribution >= 0.6 is 26.8 Å². The van der Waals surface area contributed by atoms with Crippen LogP contribution in [0.3, 0.4) is 0 Å². The number of hydrogen-bond acceptors (Lipinski definition) is 5. The molecule has 0 fully saturated rings. The summed E-state index contributed by atoms with van der Waals surface area (Å²) in [6.45, 7) is 5.00. The second kappa shape index (κ2) is 6.19. The van der Waals surface area contributed by atoms with Crippen LogP contribution in [-0.2, 0) is 14.3 Å². The van der Waals surface area contributed by atoms with Gasteiger partial charge in [-0.1, -0.05) is 15.9 Å². The van der Waals surface area contributed by atoms with Crippen molar-refractivity contribution in [2.45, 2.75) is 31.7 Å². The number of carboxylic acids is 1. The van der Waals surface area contributed by atoms with Crippen molar-refractivity contribution in [1.82, 2.24) is 0 Å². The summed E-state index contributed by atoms with van der Waals surface area (Å²) in [6, 6.07) is 0. The van der Waals surface area contributed by atoms with Gasteiger partial charge in [0, 0.05) is 4.48 Å². The van der Waals surface area contributed by atoms with E-state index in [1.165, 1.54) is 0 Å². The molecule has 114 valence electrons. The first kappa shape index (κ1) is 17.1. The second-order valence-electron chi connectivity index (χ2n) is 5.33. The normalized spacial score (nSPS) is 23.6. The Morgan fingerprint density at radius 1 is 1.45 bits per heavy atom. The maximum Gasteiger partial charge on any atom is 0.323 e. The van der Waals surface area contributed by atoms with E-state index in [1.54, 1.807) is 32.3 Å². The van der Waals surface area contributed by atoms with Gasteiger partial charge in [0.05, 0.1) is 10.4 Å². The molecule has 0 saturated carbocycles. The molecule has 0 spiro atoms. The van der Waals surface area contributed by atoms with Crippen LogP contribution in [0.1, 0.15) is 20.8 Å². The van der Waals surface area contributed by atoms with E-state index in [2.05, 4.69) is 15.9 Å². The lowest BCUT2D eigenvalue weighted by atomic mass is 10.1. The molecule has 1 heterocycles. The highest BCUT2D eigenvalue weighted by atomic mass is 79.9. The fourth-order valence-corrected chi connectivity index (χ4v) is 4.58. The Bertz CT molecular complexity index is 484. The van der Waals surface area contributed by atoms with E-state index in [0.29, 0.717) is 5.03 Å². The van der Waals surface area contributed by atoms with Crippen LogP contribution in [0.15, 0.2) is 21.0 Å². The van der Waals surface area contributed by atoms with Crippen LogP contribution in [0, 0.1) is 5.92 Å². The van der Waals surface area contributed by atoms with Crippen molar-refractivity contribution < 1.29 is 19.4 Å². The third kappa shape index (κ3) is 4.26. The molecule has 0 saturated heterocycles. The zero-order valence-corrected chi connectivity index (χ0v) is 13.9. The maximum atomic E-state index is 12.0. The van der Waals surface area contributed by atoms with Gasteiger partial charge in [-0.2, -0.15) is 10.9 Å². The third-order valence-electron chi connectivity index (χ3n) is 2.44. The molecule has 0 radical (unpaired) electrons. The van der Waals surface area contributed by atoms with Crippen molar-refractivity contribution in [3.05, 3.63) is 21.0 Å². The molecule has 5 N–H and O–H groups in total. The molecule has 8 heteroatoms. The highest BCUT2D eigenvalue weighted by molar-refractivity contribution is 9.12. The molecule has 1 rings (SSSR count). The van der Waals surface area contributed by atoms with Crippen molar-refractivity contribution in [1.29, 1.82) is 0 Å². The smallest absolute Gasteiger partial charge is 0.323 e. The van der Waals surface area contributed by atoms with Gasteiger partial charge in [0.1, 0.15) is 5.60 Å². The predicted octanol–water partition coefficient (Wildman–Crippen LogP) is 1.36. The highest BCUT2D eigenvalue weighted by Crippen LogP contribution is 2.47. The lowest BCUT2D eigenvalue weighted by Crippen LogP contribution is -2.44. The van der Waals surface area contributed by atoms with Gasteiger partial charge in [-0.15, -0.1) is 0 Å². The van der Waals surface area contributed by atoms with Gasteiger partial charge in [0.2, 0.25) is 0 Å². The number of aliphatic carboxylic acids is 1. The Morgan fingerprint density at radius 2 is 2.00 bits per heavy atom. The second-order valence-corrected chi connectivity index (χ2v) is 8.43. The number of carbonyl (C=O) groups is 2. The summed E-state index contributed by atoms with van der Waals surface area (Å²) in [7, 11) is -1.23. The molecule has 0 amide bonds. The first-order chi connectivity index (χ1) is 9.03. The summed E-state index contributed by atoms with van der Waals surface area (Å²) in [4.78, 5) is 23.4. The number of carbonyl (C=O) groups excluding carboxylic acids is 1. The van der Waals surface area contributed by atoms with E-state index in [9.17, 15) is 14.7 Å². The summed E-state index contributed by atoms with van der Waals surface area (Å²) < 4.78 is 5.86. The molecule has 6 nitrogen and oxygen atoms in total. The Morgan fingerprint density at radius 3 is 2.35 bits per heavy atom. The summed E-state index contributed by atoms with van der Waals surface area (Å²) in [5.41, 5.74) is 11.0. The number of esters is 1. The average molecular weight is 367 g/mol. The average Bonchev–Trinajstić information content (AvgIpc) is 2.54. The summed E-state index contributed by atoms with van der Waals surface area (Å²) in [6.07, 6.45) is 1.67. The van der Waals surface area contributed by atoms with E-state index in [1.807, 2.05) is 0 Å². The lowest BCUT2D eigenvalue weighted by Gasteiger charge is -2.29. The van der Waals surface area contributed by atoms with Crippen molar-refractivity contribution >= 4 is 38.8 Å². The topological polar surface area (TPSA) is 116 Å². The number of carboxylic acid groups (broad SMARTS) is 1. The molecule has 20 heavy (non-hydrogen) atoms. The van der Waals surface area contributed by atoms with Crippen LogP contribution in [0.2, 0.25) is 0 Å². The van der Waals surface area contributed by atoms with Gasteiger partial charge in [-0.25, -0.2) is 0 Å². The first-order valence-corrected chi connectivity index (χ1v) is 8.14. The zero-order valence-electron chi connectivity index (χ0n) is 11.5. The predicted molar refractivity (Wildman–Crippen MR) is 83.2 cm³/mol. The summed E-state index contributed by atoms with van der Waals surface area (Å²) in [5.74, 6) is -3.59. The number of ether oxygens (including phenoxy) is 1. The first-order valence-electron chi connectivity index (χ1n) is 5.87. The molecule has 0 aliphatic carbocycles. The fraction of sp³-hybridized carbons (Fsp3) is 0.500. The van der Waals surface area contributed by atoms with Crippen LogP contribution in [-0.4, -0.2) is 28.0 Å². The number of allylic oxidation sites excluding steroid dienone is 2. The summed E-state index contributed by atoms with van der Waals surface area (Å²) in [5, 5.41) is 10.6. The minimum atomic E-state index is -1.44. The molecule has 0 bridgehead atoms. The molecule has 1 aliphatic heterocycles. The van der Waals surface area contributed by atoms with Crippen LogP contribution in [0.5, 0.6) is 0 Å². The van der Waals surface area contributed by atoms with E-state index >= 15 is 0 Å². The molecule has 0 aromatic rings. The van der Waals surface area contributed by atoms with Crippen LogP contribution in [0.25, 0.3) is 0 Å². The lowest BCUT2D eigenvalue weighted by molar-refractivity contribution is -0.166. The number of halogens is 1. The van der Waals surface area contributed by atoms with Crippen molar-refractivity contribution in [3.63, 3.8) is 0 Å². The molecule has 0 aromatic heterocycles. The van der Waals surface area contributed by atoms with E-state index in [-0.39, 0.29) is 0 Å².